The van der Waals surface area contributed by atoms with Gasteiger partial charge in [-0.2, -0.15) is 0 Å². The van der Waals surface area contributed by atoms with Crippen molar-refractivity contribution in [2.24, 2.45) is 0 Å². The quantitative estimate of drug-likeness (QED) is 0.437. The number of carbonyl (C=O) groups is 1. The van der Waals surface area contributed by atoms with Crippen molar-refractivity contribution in [3.05, 3.63) is 12.7 Å². The lowest BCUT2D eigenvalue weighted by atomic mass is 10.3. The van der Waals surface area contributed by atoms with Gasteiger partial charge in [-0.3, -0.25) is 4.79 Å². The molecule has 0 aromatic carbocycles. The minimum absolute atomic E-state index is 0.122. The Labute approximate surface area is 80.6 Å². The number of carbonyl (C=O) groups excluding carboxylic acids is 1. The predicted octanol–water partition coefficient (Wildman–Crippen LogP) is 1.07. The van der Waals surface area contributed by atoms with Crippen LogP contribution in [0, 0.1) is 0 Å². The summed E-state index contributed by atoms with van der Waals surface area (Å²) in [5, 5.41) is 6.05. The summed E-state index contributed by atoms with van der Waals surface area (Å²) in [7, 11) is 0. The molecule has 0 aliphatic rings. The largest absolute Gasteiger partial charge is 0.356 e. The molecule has 0 spiro atoms. The Hall–Kier alpha value is -0.830. The van der Waals surface area contributed by atoms with E-state index in [4.69, 9.17) is 0 Å². The average molecular weight is 184 g/mol. The first-order valence-electron chi connectivity index (χ1n) is 4.89. The third-order valence-electron chi connectivity index (χ3n) is 1.68. The molecule has 2 N–H and O–H groups in total. The summed E-state index contributed by atoms with van der Waals surface area (Å²) >= 11 is 0. The topological polar surface area (TPSA) is 41.1 Å². The molecule has 13 heavy (non-hydrogen) atoms. The van der Waals surface area contributed by atoms with Crippen LogP contribution in [0.3, 0.4) is 0 Å². The first-order valence-corrected chi connectivity index (χ1v) is 4.89. The van der Waals surface area contributed by atoms with Crippen LogP contribution < -0.4 is 10.6 Å². The van der Waals surface area contributed by atoms with Gasteiger partial charge in [0.2, 0.25) is 5.91 Å². The van der Waals surface area contributed by atoms with Gasteiger partial charge in [0, 0.05) is 13.0 Å². The highest BCUT2D eigenvalue weighted by Gasteiger charge is 1.96. The zero-order chi connectivity index (χ0) is 9.94. The second-order valence-corrected chi connectivity index (χ2v) is 2.88. The van der Waals surface area contributed by atoms with Gasteiger partial charge in [-0.15, -0.1) is 6.58 Å². The summed E-state index contributed by atoms with van der Waals surface area (Å²) in [5.41, 5.74) is 0. The van der Waals surface area contributed by atoms with Gasteiger partial charge in [-0.1, -0.05) is 13.0 Å². The maximum absolute atomic E-state index is 11.1. The summed E-state index contributed by atoms with van der Waals surface area (Å²) in [6.07, 6.45) is 4.08. The van der Waals surface area contributed by atoms with E-state index in [9.17, 15) is 4.79 Å². The molecule has 0 saturated carbocycles. The fourth-order valence-electron chi connectivity index (χ4n) is 0.940. The van der Waals surface area contributed by atoms with Crippen molar-refractivity contribution in [2.45, 2.75) is 26.2 Å². The number of hydrogen-bond acceptors (Lipinski definition) is 2. The second-order valence-electron chi connectivity index (χ2n) is 2.88. The number of rotatable bonds is 8. The van der Waals surface area contributed by atoms with Gasteiger partial charge in [0.25, 0.3) is 0 Å². The number of nitrogens with one attached hydrogen (secondary N) is 2. The van der Waals surface area contributed by atoms with Crippen molar-refractivity contribution >= 4 is 5.91 Å². The zero-order valence-electron chi connectivity index (χ0n) is 8.44. The monoisotopic (exact) mass is 184 g/mol. The SMILES string of the molecule is C=CCCC(=O)NCCCNCC. The Bertz CT molecular complexity index is 146. The minimum atomic E-state index is 0.122. The molecule has 0 fully saturated rings. The van der Waals surface area contributed by atoms with Gasteiger partial charge in [0.15, 0.2) is 0 Å². The minimum Gasteiger partial charge on any atom is -0.356 e. The number of amides is 1. The molecule has 0 aliphatic carbocycles. The molecule has 3 heteroatoms. The van der Waals surface area contributed by atoms with E-state index in [-0.39, 0.29) is 5.91 Å². The second kappa shape index (κ2) is 9.26. The molecule has 0 radical (unpaired) electrons. The Morgan fingerprint density at radius 3 is 2.85 bits per heavy atom. The zero-order valence-corrected chi connectivity index (χ0v) is 8.44. The summed E-state index contributed by atoms with van der Waals surface area (Å²) in [6, 6.07) is 0. The molecule has 0 heterocycles. The maximum Gasteiger partial charge on any atom is 0.220 e. The molecule has 3 nitrogen and oxygen atoms in total. The van der Waals surface area contributed by atoms with Crippen LogP contribution in [0.4, 0.5) is 0 Å². The van der Waals surface area contributed by atoms with Crippen LogP contribution >= 0.6 is 0 Å². The summed E-state index contributed by atoms with van der Waals surface area (Å²) in [4.78, 5) is 11.1. The Morgan fingerprint density at radius 2 is 2.23 bits per heavy atom. The molecule has 0 bridgehead atoms. The lowest BCUT2D eigenvalue weighted by molar-refractivity contribution is -0.121. The Morgan fingerprint density at radius 1 is 1.46 bits per heavy atom. The molecule has 0 atom stereocenters. The van der Waals surface area contributed by atoms with E-state index in [0.29, 0.717) is 6.42 Å². The molecule has 0 rings (SSSR count). The van der Waals surface area contributed by atoms with E-state index in [1.54, 1.807) is 6.08 Å². The van der Waals surface area contributed by atoms with Crippen molar-refractivity contribution in [2.75, 3.05) is 19.6 Å². The molecule has 0 aliphatic heterocycles. The third kappa shape index (κ3) is 9.08. The van der Waals surface area contributed by atoms with Crippen LogP contribution in [0.2, 0.25) is 0 Å². The fourth-order valence-corrected chi connectivity index (χ4v) is 0.940. The van der Waals surface area contributed by atoms with Crippen LogP contribution in [-0.2, 0) is 4.79 Å². The summed E-state index contributed by atoms with van der Waals surface area (Å²) < 4.78 is 0. The van der Waals surface area contributed by atoms with Gasteiger partial charge in [0.1, 0.15) is 0 Å². The van der Waals surface area contributed by atoms with E-state index >= 15 is 0 Å². The van der Waals surface area contributed by atoms with Gasteiger partial charge in [-0.25, -0.2) is 0 Å². The lowest BCUT2D eigenvalue weighted by Gasteiger charge is -2.04. The maximum atomic E-state index is 11.1. The molecular weight excluding hydrogens is 164 g/mol. The van der Waals surface area contributed by atoms with Gasteiger partial charge in [0.05, 0.1) is 0 Å². The van der Waals surface area contributed by atoms with Gasteiger partial charge in [-0.05, 0) is 25.9 Å². The van der Waals surface area contributed by atoms with E-state index < -0.39 is 0 Å². The van der Waals surface area contributed by atoms with Crippen molar-refractivity contribution < 1.29 is 4.79 Å². The summed E-state index contributed by atoms with van der Waals surface area (Å²) in [5.74, 6) is 0.122. The highest BCUT2D eigenvalue weighted by Crippen LogP contribution is 1.88. The molecule has 0 aromatic rings. The first kappa shape index (κ1) is 12.2. The van der Waals surface area contributed by atoms with E-state index in [1.807, 2.05) is 0 Å². The number of hydrogen-bond donors (Lipinski definition) is 2. The van der Waals surface area contributed by atoms with E-state index in [0.717, 1.165) is 32.5 Å². The fraction of sp³-hybridized carbons (Fsp3) is 0.700. The molecule has 0 aromatic heterocycles. The molecular formula is C10H20N2O. The Kier molecular flexibility index (Phi) is 8.67. The number of allylic oxidation sites excluding steroid dienone is 1. The molecule has 76 valence electrons. The Balaban J connectivity index is 3.12. The normalized spacial score (nSPS) is 9.62. The molecule has 0 saturated heterocycles. The van der Waals surface area contributed by atoms with Crippen LogP contribution in [0.25, 0.3) is 0 Å². The highest BCUT2D eigenvalue weighted by molar-refractivity contribution is 5.75. The van der Waals surface area contributed by atoms with Crippen LogP contribution in [0.5, 0.6) is 0 Å². The lowest BCUT2D eigenvalue weighted by Crippen LogP contribution is -2.26. The third-order valence-corrected chi connectivity index (χ3v) is 1.68. The van der Waals surface area contributed by atoms with Crippen molar-refractivity contribution in [1.29, 1.82) is 0 Å². The predicted molar refractivity (Wildman–Crippen MR) is 55.6 cm³/mol. The highest BCUT2D eigenvalue weighted by atomic mass is 16.1. The first-order chi connectivity index (χ1) is 6.31. The van der Waals surface area contributed by atoms with Gasteiger partial charge >= 0.3 is 0 Å². The van der Waals surface area contributed by atoms with Crippen LogP contribution in [0.15, 0.2) is 12.7 Å². The van der Waals surface area contributed by atoms with Crippen molar-refractivity contribution in [3.63, 3.8) is 0 Å². The van der Waals surface area contributed by atoms with Crippen LogP contribution in [0.1, 0.15) is 26.2 Å². The van der Waals surface area contributed by atoms with Gasteiger partial charge < -0.3 is 10.6 Å². The standard InChI is InChI=1S/C10H20N2O/c1-3-5-7-10(13)12-9-6-8-11-4-2/h3,11H,1,4-9H2,2H3,(H,12,13). The van der Waals surface area contributed by atoms with Crippen molar-refractivity contribution in [3.8, 4) is 0 Å². The van der Waals surface area contributed by atoms with Crippen LogP contribution in [-0.4, -0.2) is 25.5 Å². The molecule has 1 amide bonds. The smallest absolute Gasteiger partial charge is 0.220 e. The van der Waals surface area contributed by atoms with E-state index in [2.05, 4.69) is 24.1 Å². The van der Waals surface area contributed by atoms with E-state index in [1.165, 1.54) is 0 Å². The van der Waals surface area contributed by atoms with Crippen molar-refractivity contribution in [1.82, 2.24) is 10.6 Å². The average Bonchev–Trinajstić information content (AvgIpc) is 2.14. The molecule has 0 unspecified atom stereocenters. The summed E-state index contributed by atoms with van der Waals surface area (Å²) in [6.45, 7) is 8.36.